The van der Waals surface area contributed by atoms with Crippen molar-refractivity contribution < 1.29 is 0 Å². The highest BCUT2D eigenvalue weighted by Gasteiger charge is 2.16. The molecule has 0 spiro atoms. The van der Waals surface area contributed by atoms with Crippen LogP contribution in [0.1, 0.15) is 33.9 Å². The lowest BCUT2D eigenvalue weighted by atomic mass is 9.93. The molecule has 1 nitrogen and oxygen atoms in total. The summed E-state index contributed by atoms with van der Waals surface area (Å²) >= 11 is 3.69. The Bertz CT molecular complexity index is 590. The third-order valence-corrected chi connectivity index (χ3v) is 4.19. The van der Waals surface area contributed by atoms with Crippen LogP contribution in [0.5, 0.6) is 0 Å². The number of nitrogens with one attached hydrogen (secondary N) is 1. The minimum atomic E-state index is 0.217. The van der Waals surface area contributed by atoms with Gasteiger partial charge in [-0.3, -0.25) is 0 Å². The van der Waals surface area contributed by atoms with Crippen LogP contribution in [-0.2, 0) is 0 Å². The Morgan fingerprint density at radius 3 is 2.16 bits per heavy atom. The lowest BCUT2D eigenvalue weighted by molar-refractivity contribution is 0.684. The molecule has 0 aromatic heterocycles. The van der Waals surface area contributed by atoms with E-state index in [1.54, 1.807) is 0 Å². The maximum absolute atomic E-state index is 3.69. The molecule has 2 aromatic carbocycles. The molecule has 2 rings (SSSR count). The zero-order valence-corrected chi connectivity index (χ0v) is 13.5. The lowest BCUT2D eigenvalue weighted by Crippen LogP contribution is -2.19. The Hall–Kier alpha value is -1.12. The summed E-state index contributed by atoms with van der Waals surface area (Å²) in [7, 11) is 2.01. The maximum Gasteiger partial charge on any atom is 0.0588 e. The van der Waals surface area contributed by atoms with Crippen molar-refractivity contribution in [1.82, 2.24) is 5.32 Å². The Morgan fingerprint density at radius 2 is 1.53 bits per heavy atom. The summed E-state index contributed by atoms with van der Waals surface area (Å²) in [5.74, 6) is 0. The van der Waals surface area contributed by atoms with Crippen molar-refractivity contribution >= 4 is 15.9 Å². The molecule has 1 N–H and O–H groups in total. The number of hydrogen-bond acceptors (Lipinski definition) is 1. The zero-order chi connectivity index (χ0) is 14.0. The normalized spacial score (nSPS) is 12.5. The van der Waals surface area contributed by atoms with E-state index < -0.39 is 0 Å². The highest BCUT2D eigenvalue weighted by atomic mass is 79.9. The average molecular weight is 318 g/mol. The first-order valence-electron chi connectivity index (χ1n) is 6.53. The molecule has 100 valence electrons. The van der Waals surface area contributed by atoms with E-state index in [2.05, 4.69) is 78.4 Å². The van der Waals surface area contributed by atoms with Crippen LogP contribution in [0.2, 0.25) is 0 Å². The molecule has 0 aliphatic rings. The molecule has 2 heteroatoms. The van der Waals surface area contributed by atoms with E-state index >= 15 is 0 Å². The van der Waals surface area contributed by atoms with Crippen molar-refractivity contribution in [3.05, 3.63) is 68.7 Å². The van der Waals surface area contributed by atoms with E-state index in [1.165, 1.54) is 27.8 Å². The third kappa shape index (κ3) is 3.07. The molecule has 0 aliphatic carbocycles. The van der Waals surface area contributed by atoms with Crippen molar-refractivity contribution in [1.29, 1.82) is 0 Å². The molecule has 0 heterocycles. The van der Waals surface area contributed by atoms with Gasteiger partial charge in [-0.25, -0.2) is 0 Å². The van der Waals surface area contributed by atoms with Gasteiger partial charge in [-0.2, -0.15) is 0 Å². The first kappa shape index (κ1) is 14.3. The van der Waals surface area contributed by atoms with Gasteiger partial charge in [0.05, 0.1) is 6.04 Å². The third-order valence-electron chi connectivity index (χ3n) is 3.50. The summed E-state index contributed by atoms with van der Waals surface area (Å²) in [5.41, 5.74) is 6.50. The van der Waals surface area contributed by atoms with Gasteiger partial charge in [-0.05, 0) is 56.1 Å². The van der Waals surface area contributed by atoms with Crippen LogP contribution in [0.25, 0.3) is 0 Å². The molecule has 0 bridgehead atoms. The summed E-state index contributed by atoms with van der Waals surface area (Å²) in [6.45, 7) is 6.42. The predicted molar refractivity (Wildman–Crippen MR) is 85.7 cm³/mol. The van der Waals surface area contributed by atoms with Crippen LogP contribution in [0.15, 0.2) is 40.9 Å². The van der Waals surface area contributed by atoms with Crippen LogP contribution in [0.4, 0.5) is 0 Å². The van der Waals surface area contributed by atoms with Crippen LogP contribution in [0.3, 0.4) is 0 Å². The van der Waals surface area contributed by atoms with Crippen molar-refractivity contribution in [3.8, 4) is 0 Å². The van der Waals surface area contributed by atoms with Gasteiger partial charge in [0.2, 0.25) is 0 Å². The predicted octanol–water partition coefficient (Wildman–Crippen LogP) is 4.68. The summed E-state index contributed by atoms with van der Waals surface area (Å²) in [5, 5.41) is 3.43. The molecule has 0 radical (unpaired) electrons. The molecule has 0 saturated carbocycles. The van der Waals surface area contributed by atoms with Gasteiger partial charge in [0.1, 0.15) is 0 Å². The minimum absolute atomic E-state index is 0.217. The van der Waals surface area contributed by atoms with Gasteiger partial charge in [-0.1, -0.05) is 51.8 Å². The summed E-state index contributed by atoms with van der Waals surface area (Å²) in [6.07, 6.45) is 0. The van der Waals surface area contributed by atoms with E-state index in [4.69, 9.17) is 0 Å². The highest BCUT2D eigenvalue weighted by Crippen LogP contribution is 2.31. The molecule has 0 saturated heterocycles. The van der Waals surface area contributed by atoms with Crippen LogP contribution in [0, 0.1) is 20.8 Å². The quantitative estimate of drug-likeness (QED) is 0.866. The van der Waals surface area contributed by atoms with Gasteiger partial charge in [0.15, 0.2) is 0 Å². The molecule has 1 atom stereocenters. The number of benzene rings is 2. The van der Waals surface area contributed by atoms with E-state index in [-0.39, 0.29) is 6.04 Å². The maximum atomic E-state index is 3.69. The van der Waals surface area contributed by atoms with E-state index in [9.17, 15) is 0 Å². The smallest absolute Gasteiger partial charge is 0.0588 e. The van der Waals surface area contributed by atoms with Gasteiger partial charge in [-0.15, -0.1) is 0 Å². The Labute approximate surface area is 124 Å². The van der Waals surface area contributed by atoms with Gasteiger partial charge in [0, 0.05) is 4.47 Å². The van der Waals surface area contributed by atoms with E-state index in [0.29, 0.717) is 0 Å². The Balaban J connectivity index is 2.52. The molecule has 1 unspecified atom stereocenters. The summed E-state index contributed by atoms with van der Waals surface area (Å²) < 4.78 is 1.16. The second-order valence-corrected chi connectivity index (χ2v) is 5.96. The number of rotatable bonds is 3. The summed E-state index contributed by atoms with van der Waals surface area (Å²) in [6, 6.07) is 13.4. The van der Waals surface area contributed by atoms with Crippen molar-refractivity contribution in [3.63, 3.8) is 0 Å². The monoisotopic (exact) mass is 317 g/mol. The molecule has 0 aliphatic heterocycles. The van der Waals surface area contributed by atoms with Crippen molar-refractivity contribution in [2.45, 2.75) is 26.8 Å². The van der Waals surface area contributed by atoms with Crippen LogP contribution in [-0.4, -0.2) is 7.05 Å². The Kier molecular flexibility index (Phi) is 4.43. The first-order chi connectivity index (χ1) is 9.02. The van der Waals surface area contributed by atoms with Crippen LogP contribution < -0.4 is 5.32 Å². The molecule has 19 heavy (non-hydrogen) atoms. The number of aryl methyl sites for hydroxylation is 3. The van der Waals surface area contributed by atoms with Crippen LogP contribution >= 0.6 is 15.9 Å². The Morgan fingerprint density at radius 1 is 0.895 bits per heavy atom. The first-order valence-corrected chi connectivity index (χ1v) is 7.32. The fourth-order valence-corrected chi connectivity index (χ4v) is 3.14. The molecule has 2 aromatic rings. The zero-order valence-electron chi connectivity index (χ0n) is 11.9. The number of halogens is 1. The van der Waals surface area contributed by atoms with Crippen molar-refractivity contribution in [2.24, 2.45) is 0 Å². The topological polar surface area (TPSA) is 12.0 Å². The standard InChI is InChI=1S/C17H20BrN/c1-11-5-7-13(3)15(9-11)17(19-4)14-8-6-12(2)10-16(14)18/h5-10,17,19H,1-4H3. The van der Waals surface area contributed by atoms with E-state index in [1.807, 2.05) is 7.05 Å². The second kappa shape index (κ2) is 5.89. The second-order valence-electron chi connectivity index (χ2n) is 5.11. The van der Waals surface area contributed by atoms with Gasteiger partial charge in [0.25, 0.3) is 0 Å². The summed E-state index contributed by atoms with van der Waals surface area (Å²) in [4.78, 5) is 0. The van der Waals surface area contributed by atoms with Crippen molar-refractivity contribution in [2.75, 3.05) is 7.05 Å². The fraction of sp³-hybridized carbons (Fsp3) is 0.294. The largest absolute Gasteiger partial charge is 0.309 e. The molecule has 0 amide bonds. The molecule has 0 fully saturated rings. The molecular formula is C17H20BrN. The van der Waals surface area contributed by atoms with Gasteiger partial charge < -0.3 is 5.32 Å². The highest BCUT2D eigenvalue weighted by molar-refractivity contribution is 9.10. The van der Waals surface area contributed by atoms with E-state index in [0.717, 1.165) is 4.47 Å². The number of hydrogen-bond donors (Lipinski definition) is 1. The molecular weight excluding hydrogens is 298 g/mol. The van der Waals surface area contributed by atoms with Gasteiger partial charge >= 0.3 is 0 Å². The average Bonchev–Trinajstić information content (AvgIpc) is 2.36. The fourth-order valence-electron chi connectivity index (χ4n) is 2.42. The minimum Gasteiger partial charge on any atom is -0.309 e. The lowest BCUT2D eigenvalue weighted by Gasteiger charge is -2.21. The SMILES string of the molecule is CNC(c1cc(C)ccc1C)c1ccc(C)cc1Br.